The maximum Gasteiger partial charge on any atom is 0.0996 e. The lowest BCUT2D eigenvalue weighted by Gasteiger charge is -2.38. The average molecular weight is 237 g/mol. The van der Waals surface area contributed by atoms with Gasteiger partial charge in [-0.2, -0.15) is 0 Å². The smallest absolute Gasteiger partial charge is 0.0996 e. The molecular weight excluding hydrogens is 210 g/mol. The maximum absolute atomic E-state index is 6.20. The van der Waals surface area contributed by atoms with Gasteiger partial charge in [0, 0.05) is 12.6 Å². The van der Waals surface area contributed by atoms with Crippen molar-refractivity contribution in [3.63, 3.8) is 0 Å². The normalized spacial score (nSPS) is 43.6. The summed E-state index contributed by atoms with van der Waals surface area (Å²) >= 11 is 0. The summed E-state index contributed by atoms with van der Waals surface area (Å²) in [4.78, 5) is 2.65. The number of piperidine rings is 1. The Bertz CT molecular complexity index is 255. The zero-order valence-electron chi connectivity index (χ0n) is 11.2. The Balaban J connectivity index is 1.65. The van der Waals surface area contributed by atoms with E-state index in [1.807, 2.05) is 0 Å². The minimum atomic E-state index is 0.592. The summed E-state index contributed by atoms with van der Waals surface area (Å²) in [5.41, 5.74) is 0. The molecule has 98 valence electrons. The van der Waals surface area contributed by atoms with E-state index < -0.39 is 0 Å². The highest BCUT2D eigenvalue weighted by Gasteiger charge is 2.36. The van der Waals surface area contributed by atoms with Gasteiger partial charge in [-0.1, -0.05) is 26.2 Å². The van der Waals surface area contributed by atoms with E-state index in [1.165, 1.54) is 57.9 Å². The molecule has 2 heteroatoms. The molecule has 2 nitrogen and oxygen atoms in total. The summed E-state index contributed by atoms with van der Waals surface area (Å²) in [7, 11) is 0. The van der Waals surface area contributed by atoms with Crippen LogP contribution in [0.2, 0.25) is 0 Å². The van der Waals surface area contributed by atoms with E-state index in [0.717, 1.165) is 24.6 Å². The third kappa shape index (κ3) is 2.53. The predicted molar refractivity (Wildman–Crippen MR) is 69.8 cm³/mol. The van der Waals surface area contributed by atoms with E-state index in [1.54, 1.807) is 0 Å². The molecule has 0 aromatic rings. The molecule has 3 fully saturated rings. The Labute approximate surface area is 106 Å². The van der Waals surface area contributed by atoms with Gasteiger partial charge >= 0.3 is 0 Å². The van der Waals surface area contributed by atoms with Crippen LogP contribution < -0.4 is 0 Å². The first kappa shape index (κ1) is 12.0. The largest absolute Gasteiger partial charge is 0.363 e. The summed E-state index contributed by atoms with van der Waals surface area (Å²) in [5.74, 6) is 1.80. The van der Waals surface area contributed by atoms with Gasteiger partial charge < -0.3 is 4.74 Å². The molecule has 0 aromatic heterocycles. The van der Waals surface area contributed by atoms with Crippen LogP contribution in [0.25, 0.3) is 0 Å². The van der Waals surface area contributed by atoms with Gasteiger partial charge in [0.1, 0.15) is 0 Å². The zero-order chi connectivity index (χ0) is 11.7. The van der Waals surface area contributed by atoms with Crippen LogP contribution in [0.3, 0.4) is 0 Å². The molecule has 3 rings (SSSR count). The van der Waals surface area contributed by atoms with Crippen molar-refractivity contribution in [3.8, 4) is 0 Å². The van der Waals surface area contributed by atoms with Crippen molar-refractivity contribution in [2.75, 3.05) is 13.3 Å². The highest BCUT2D eigenvalue weighted by molar-refractivity contribution is 4.88. The molecule has 2 aliphatic heterocycles. The monoisotopic (exact) mass is 237 g/mol. The molecule has 2 heterocycles. The van der Waals surface area contributed by atoms with E-state index in [0.29, 0.717) is 6.10 Å². The molecule has 0 radical (unpaired) electrons. The molecule has 4 atom stereocenters. The number of ether oxygens (including phenoxy) is 1. The van der Waals surface area contributed by atoms with Crippen molar-refractivity contribution in [1.82, 2.24) is 4.90 Å². The fraction of sp³-hybridized carbons (Fsp3) is 1.00. The van der Waals surface area contributed by atoms with Gasteiger partial charge in [-0.3, -0.25) is 4.90 Å². The van der Waals surface area contributed by atoms with Crippen molar-refractivity contribution < 1.29 is 4.74 Å². The van der Waals surface area contributed by atoms with Crippen LogP contribution in [0.4, 0.5) is 0 Å². The molecule has 0 amide bonds. The van der Waals surface area contributed by atoms with Crippen LogP contribution in [0.5, 0.6) is 0 Å². The summed E-state index contributed by atoms with van der Waals surface area (Å²) in [6.07, 6.45) is 11.8. The molecule has 1 saturated carbocycles. The molecule has 0 N–H and O–H groups in total. The topological polar surface area (TPSA) is 12.5 Å². The summed E-state index contributed by atoms with van der Waals surface area (Å²) < 4.78 is 6.20. The van der Waals surface area contributed by atoms with Gasteiger partial charge in [-0.15, -0.1) is 0 Å². The summed E-state index contributed by atoms with van der Waals surface area (Å²) in [6.45, 7) is 4.55. The third-order valence-electron chi connectivity index (χ3n) is 5.36. The van der Waals surface area contributed by atoms with E-state index >= 15 is 0 Å². The second-order valence-corrected chi connectivity index (χ2v) is 6.39. The van der Waals surface area contributed by atoms with Crippen molar-refractivity contribution >= 4 is 0 Å². The SMILES string of the molecule is CC[C@H]1CC[C@@H]2C[C@H]3CCCC[C@H]3OCN2C1. The Morgan fingerprint density at radius 1 is 1.12 bits per heavy atom. The standard InChI is InChI=1S/C15H27NO/c1-2-12-7-8-14-9-13-5-3-4-6-15(13)17-11-16(14)10-12/h12-15H,2-11H2,1H3/t12-,13+,14+,15+/m0/s1. The maximum atomic E-state index is 6.20. The van der Waals surface area contributed by atoms with Crippen LogP contribution >= 0.6 is 0 Å². The summed E-state index contributed by atoms with van der Waals surface area (Å²) in [5, 5.41) is 0. The first-order valence-corrected chi connectivity index (χ1v) is 7.72. The molecule has 0 unspecified atom stereocenters. The highest BCUT2D eigenvalue weighted by atomic mass is 16.5. The van der Waals surface area contributed by atoms with Gasteiger partial charge in [-0.25, -0.2) is 0 Å². The minimum Gasteiger partial charge on any atom is -0.363 e. The van der Waals surface area contributed by atoms with E-state index in [9.17, 15) is 0 Å². The number of fused-ring (bicyclic) bond motifs is 2. The van der Waals surface area contributed by atoms with Crippen molar-refractivity contribution in [2.24, 2.45) is 11.8 Å². The fourth-order valence-electron chi connectivity index (χ4n) is 4.14. The number of rotatable bonds is 1. The van der Waals surface area contributed by atoms with E-state index in [-0.39, 0.29) is 0 Å². The van der Waals surface area contributed by atoms with Crippen LogP contribution in [0.1, 0.15) is 58.3 Å². The van der Waals surface area contributed by atoms with Gasteiger partial charge in [0.25, 0.3) is 0 Å². The zero-order valence-corrected chi connectivity index (χ0v) is 11.2. The van der Waals surface area contributed by atoms with E-state index in [2.05, 4.69) is 11.8 Å². The van der Waals surface area contributed by atoms with Gasteiger partial charge in [-0.05, 0) is 43.9 Å². The Morgan fingerprint density at radius 2 is 2.00 bits per heavy atom. The minimum absolute atomic E-state index is 0.592. The lowest BCUT2D eigenvalue weighted by molar-refractivity contribution is -0.0525. The lowest BCUT2D eigenvalue weighted by atomic mass is 9.80. The first-order chi connectivity index (χ1) is 8.36. The van der Waals surface area contributed by atoms with E-state index in [4.69, 9.17) is 4.74 Å². The van der Waals surface area contributed by atoms with Crippen LogP contribution in [0, 0.1) is 11.8 Å². The van der Waals surface area contributed by atoms with Gasteiger partial charge in [0.05, 0.1) is 12.8 Å². The second kappa shape index (κ2) is 5.27. The molecule has 2 saturated heterocycles. The van der Waals surface area contributed by atoms with Crippen molar-refractivity contribution in [2.45, 2.75) is 70.4 Å². The molecule has 0 bridgehead atoms. The molecule has 0 aromatic carbocycles. The quantitative estimate of drug-likeness (QED) is 0.693. The molecule has 17 heavy (non-hydrogen) atoms. The first-order valence-electron chi connectivity index (χ1n) is 7.72. The van der Waals surface area contributed by atoms with Crippen LogP contribution in [-0.2, 0) is 4.74 Å². The third-order valence-corrected chi connectivity index (χ3v) is 5.36. The number of hydrogen-bond donors (Lipinski definition) is 0. The highest BCUT2D eigenvalue weighted by Crippen LogP contribution is 2.37. The number of hydrogen-bond acceptors (Lipinski definition) is 2. The Kier molecular flexibility index (Phi) is 3.72. The lowest BCUT2D eigenvalue weighted by Crippen LogP contribution is -2.43. The van der Waals surface area contributed by atoms with Gasteiger partial charge in [0.2, 0.25) is 0 Å². The van der Waals surface area contributed by atoms with Crippen LogP contribution in [0.15, 0.2) is 0 Å². The fourth-order valence-corrected chi connectivity index (χ4v) is 4.14. The van der Waals surface area contributed by atoms with Crippen LogP contribution in [-0.4, -0.2) is 30.3 Å². The Hall–Kier alpha value is -0.0800. The molecule has 1 aliphatic carbocycles. The second-order valence-electron chi connectivity index (χ2n) is 6.39. The molecular formula is C15H27NO. The predicted octanol–water partition coefficient (Wildman–Crippen LogP) is 3.41. The molecule has 0 spiro atoms. The summed E-state index contributed by atoms with van der Waals surface area (Å²) in [6, 6.07) is 0.839. The Morgan fingerprint density at radius 3 is 2.88 bits per heavy atom. The van der Waals surface area contributed by atoms with Crippen molar-refractivity contribution in [1.29, 1.82) is 0 Å². The van der Waals surface area contributed by atoms with Crippen molar-refractivity contribution in [3.05, 3.63) is 0 Å². The number of nitrogens with zero attached hydrogens (tertiary/aromatic N) is 1. The van der Waals surface area contributed by atoms with Gasteiger partial charge in [0.15, 0.2) is 0 Å². The average Bonchev–Trinajstić information content (AvgIpc) is 2.57. The molecule has 3 aliphatic rings.